The van der Waals surface area contributed by atoms with Crippen molar-refractivity contribution in [1.82, 2.24) is 4.98 Å². The van der Waals surface area contributed by atoms with E-state index in [1.165, 1.54) is 20.9 Å². The lowest BCUT2D eigenvalue weighted by molar-refractivity contribution is -0.116. The Hall–Kier alpha value is -2.31. The molecule has 0 spiro atoms. The number of benzene rings is 2. The third kappa shape index (κ3) is 4.39. The molecular weight excluding hydrogens is 388 g/mol. The first-order valence-corrected chi connectivity index (χ1v) is 11.2. The highest BCUT2D eigenvalue weighted by molar-refractivity contribution is 7.99. The molecule has 0 atom stereocenters. The predicted octanol–water partition coefficient (Wildman–Crippen LogP) is 5.43. The van der Waals surface area contributed by atoms with E-state index >= 15 is 0 Å². The number of nitrogens with one attached hydrogen (secondary N) is 1. The monoisotopic (exact) mass is 410 g/mol. The van der Waals surface area contributed by atoms with Crippen molar-refractivity contribution in [1.29, 1.82) is 0 Å². The van der Waals surface area contributed by atoms with Crippen molar-refractivity contribution in [2.24, 2.45) is 0 Å². The second kappa shape index (κ2) is 8.80. The van der Waals surface area contributed by atoms with Crippen LogP contribution in [0.2, 0.25) is 0 Å². The number of anilines is 1. The number of fused-ring (bicyclic) bond motifs is 3. The summed E-state index contributed by atoms with van der Waals surface area (Å²) in [6.07, 6.45) is 3.38. The van der Waals surface area contributed by atoms with Gasteiger partial charge in [-0.2, -0.15) is 0 Å². The van der Waals surface area contributed by atoms with Crippen LogP contribution in [-0.2, 0) is 17.6 Å². The third-order valence-electron chi connectivity index (χ3n) is 4.71. The van der Waals surface area contributed by atoms with Crippen LogP contribution in [0.1, 0.15) is 23.3 Å². The zero-order valence-electron chi connectivity index (χ0n) is 15.7. The van der Waals surface area contributed by atoms with Gasteiger partial charge >= 0.3 is 0 Å². The molecule has 28 heavy (non-hydrogen) atoms. The number of amides is 1. The topological polar surface area (TPSA) is 51.2 Å². The van der Waals surface area contributed by atoms with E-state index in [1.807, 2.05) is 30.3 Å². The second-order valence-corrected chi connectivity index (χ2v) is 8.88. The highest BCUT2D eigenvalue weighted by atomic mass is 32.2. The first kappa shape index (κ1) is 19.0. The van der Waals surface area contributed by atoms with E-state index in [1.54, 1.807) is 30.2 Å². The van der Waals surface area contributed by atoms with Crippen LogP contribution in [0.25, 0.3) is 11.3 Å². The number of carbonyl (C=O) groups excluding carboxylic acids is 1. The number of hydrogen-bond donors (Lipinski definition) is 1. The standard InChI is InChI=1S/C22H22N2O2S2/c1-26-16-9-11-17(12-10-16)27-14-4-7-20(25)23-22-24-21-18-6-3-2-5-15(18)8-13-19(21)28-22/h2-3,5-6,9-12H,4,7-8,13-14H2,1H3,(H,23,24,25). The van der Waals surface area contributed by atoms with Crippen molar-refractivity contribution >= 4 is 34.1 Å². The number of thioether (sulfide) groups is 1. The number of aromatic nitrogens is 1. The molecule has 1 amide bonds. The molecule has 0 unspecified atom stereocenters. The van der Waals surface area contributed by atoms with Crippen molar-refractivity contribution in [3.8, 4) is 17.0 Å². The Morgan fingerprint density at radius 3 is 2.82 bits per heavy atom. The molecule has 1 aromatic heterocycles. The van der Waals surface area contributed by atoms with Crippen molar-refractivity contribution < 1.29 is 9.53 Å². The molecule has 1 aliphatic rings. The molecule has 0 saturated carbocycles. The number of carbonyl (C=O) groups is 1. The molecule has 0 fully saturated rings. The lowest BCUT2D eigenvalue weighted by Gasteiger charge is -2.13. The molecule has 3 aromatic rings. The normalized spacial score (nSPS) is 12.2. The first-order chi connectivity index (χ1) is 13.7. The van der Waals surface area contributed by atoms with E-state index in [9.17, 15) is 4.79 Å². The molecule has 0 bridgehead atoms. The molecule has 4 nitrogen and oxygen atoms in total. The quantitative estimate of drug-likeness (QED) is 0.417. The Balaban J connectivity index is 1.27. The Morgan fingerprint density at radius 2 is 2.00 bits per heavy atom. The van der Waals surface area contributed by atoms with Crippen molar-refractivity contribution in [3.63, 3.8) is 0 Å². The van der Waals surface area contributed by atoms with Crippen LogP contribution in [-0.4, -0.2) is 23.8 Å². The van der Waals surface area contributed by atoms with Crippen molar-refractivity contribution in [3.05, 3.63) is 59.0 Å². The van der Waals surface area contributed by atoms with Crippen LogP contribution in [0.15, 0.2) is 53.4 Å². The van der Waals surface area contributed by atoms with Gasteiger partial charge < -0.3 is 10.1 Å². The van der Waals surface area contributed by atoms with E-state index in [2.05, 4.69) is 23.5 Å². The fourth-order valence-corrected chi connectivity index (χ4v) is 5.12. The predicted molar refractivity (Wildman–Crippen MR) is 117 cm³/mol. The highest BCUT2D eigenvalue weighted by Gasteiger charge is 2.21. The van der Waals surface area contributed by atoms with Gasteiger partial charge in [0.15, 0.2) is 5.13 Å². The summed E-state index contributed by atoms with van der Waals surface area (Å²) in [7, 11) is 1.67. The molecule has 0 aliphatic heterocycles. The van der Waals surface area contributed by atoms with Crippen LogP contribution in [0.5, 0.6) is 5.75 Å². The smallest absolute Gasteiger partial charge is 0.226 e. The van der Waals surface area contributed by atoms with E-state index in [0.717, 1.165) is 41.6 Å². The van der Waals surface area contributed by atoms with E-state index < -0.39 is 0 Å². The number of thiazole rings is 1. The summed E-state index contributed by atoms with van der Waals surface area (Å²) in [5.41, 5.74) is 3.59. The summed E-state index contributed by atoms with van der Waals surface area (Å²) in [5, 5.41) is 3.70. The average molecular weight is 411 g/mol. The molecule has 6 heteroatoms. The number of ether oxygens (including phenoxy) is 1. The molecule has 144 valence electrons. The molecule has 2 aromatic carbocycles. The van der Waals surface area contributed by atoms with Gasteiger partial charge in [-0.05, 0) is 54.8 Å². The minimum Gasteiger partial charge on any atom is -0.497 e. The number of rotatable bonds is 7. The molecule has 1 aliphatic carbocycles. The minimum absolute atomic E-state index is 0.0368. The summed E-state index contributed by atoms with van der Waals surface area (Å²) < 4.78 is 5.17. The number of hydrogen-bond acceptors (Lipinski definition) is 5. The largest absolute Gasteiger partial charge is 0.497 e. The summed E-state index contributed by atoms with van der Waals surface area (Å²) in [4.78, 5) is 19.4. The maximum absolute atomic E-state index is 12.3. The summed E-state index contributed by atoms with van der Waals surface area (Å²) >= 11 is 3.36. The molecular formula is C22H22N2O2S2. The first-order valence-electron chi connectivity index (χ1n) is 9.37. The maximum Gasteiger partial charge on any atom is 0.226 e. The van der Waals surface area contributed by atoms with Crippen LogP contribution in [0.3, 0.4) is 0 Å². The van der Waals surface area contributed by atoms with Gasteiger partial charge in [0.1, 0.15) is 5.75 Å². The van der Waals surface area contributed by atoms with E-state index in [0.29, 0.717) is 6.42 Å². The Morgan fingerprint density at radius 1 is 1.18 bits per heavy atom. The van der Waals surface area contributed by atoms with E-state index in [4.69, 9.17) is 9.72 Å². The van der Waals surface area contributed by atoms with Gasteiger partial charge in [-0.1, -0.05) is 24.3 Å². The van der Waals surface area contributed by atoms with Gasteiger partial charge in [0.2, 0.25) is 5.91 Å². The lowest BCUT2D eigenvalue weighted by atomic mass is 9.94. The Bertz CT molecular complexity index is 967. The Kier molecular flexibility index (Phi) is 5.98. The molecule has 0 saturated heterocycles. The highest BCUT2D eigenvalue weighted by Crippen LogP contribution is 2.38. The van der Waals surface area contributed by atoms with Gasteiger partial charge in [-0.3, -0.25) is 4.79 Å². The van der Waals surface area contributed by atoms with Gasteiger partial charge in [0, 0.05) is 21.8 Å². The van der Waals surface area contributed by atoms with Crippen LogP contribution < -0.4 is 10.1 Å². The maximum atomic E-state index is 12.3. The van der Waals surface area contributed by atoms with Gasteiger partial charge in [-0.25, -0.2) is 4.98 Å². The van der Waals surface area contributed by atoms with Gasteiger partial charge in [0.25, 0.3) is 0 Å². The zero-order valence-corrected chi connectivity index (χ0v) is 17.4. The summed E-state index contributed by atoms with van der Waals surface area (Å²) in [6, 6.07) is 16.4. The third-order valence-corrected chi connectivity index (χ3v) is 6.84. The fourth-order valence-electron chi connectivity index (χ4n) is 3.28. The zero-order chi connectivity index (χ0) is 19.3. The average Bonchev–Trinajstić information content (AvgIpc) is 3.14. The van der Waals surface area contributed by atoms with Crippen LogP contribution in [0, 0.1) is 0 Å². The number of methoxy groups -OCH3 is 1. The SMILES string of the molecule is COc1ccc(SCCCC(=O)Nc2nc3c(s2)CCc2ccccc2-3)cc1. The second-order valence-electron chi connectivity index (χ2n) is 6.62. The van der Waals surface area contributed by atoms with Crippen LogP contribution in [0.4, 0.5) is 5.13 Å². The fraction of sp³-hybridized carbons (Fsp3) is 0.273. The summed E-state index contributed by atoms with van der Waals surface area (Å²) in [6.45, 7) is 0. The van der Waals surface area contributed by atoms with Crippen molar-refractivity contribution in [2.45, 2.75) is 30.6 Å². The van der Waals surface area contributed by atoms with Crippen molar-refractivity contribution in [2.75, 3.05) is 18.2 Å². The van der Waals surface area contributed by atoms with Crippen LogP contribution >= 0.6 is 23.1 Å². The summed E-state index contributed by atoms with van der Waals surface area (Å²) in [5.74, 6) is 1.80. The molecule has 0 radical (unpaired) electrons. The minimum atomic E-state index is 0.0368. The molecule has 1 heterocycles. The molecule has 1 N–H and O–H groups in total. The lowest BCUT2D eigenvalue weighted by Crippen LogP contribution is -2.11. The molecule has 4 rings (SSSR count). The van der Waals surface area contributed by atoms with E-state index in [-0.39, 0.29) is 5.91 Å². The van der Waals surface area contributed by atoms with Gasteiger partial charge in [0.05, 0.1) is 12.8 Å². The van der Waals surface area contributed by atoms with Gasteiger partial charge in [-0.15, -0.1) is 23.1 Å². The number of nitrogens with zero attached hydrogens (tertiary/aromatic N) is 1. The number of aryl methyl sites for hydroxylation is 2. The Labute approximate surface area is 173 Å².